The molecular weight excluding hydrogens is 212 g/mol. The first-order valence-corrected chi connectivity index (χ1v) is 5.61. The lowest BCUT2D eigenvalue weighted by Gasteiger charge is -2.05. The zero-order valence-electron chi connectivity index (χ0n) is 9.23. The van der Waals surface area contributed by atoms with Gasteiger partial charge in [-0.25, -0.2) is 4.98 Å². The summed E-state index contributed by atoms with van der Waals surface area (Å²) >= 11 is 1.59. The summed E-state index contributed by atoms with van der Waals surface area (Å²) in [5.74, 6) is -1.12. The molecule has 5 heteroatoms. The number of carboxylic acids is 1. The van der Waals surface area contributed by atoms with Gasteiger partial charge in [0.25, 0.3) is 0 Å². The van der Waals surface area contributed by atoms with Crippen molar-refractivity contribution in [3.05, 3.63) is 16.1 Å². The lowest BCUT2D eigenvalue weighted by molar-refractivity contribution is -0.141. The fourth-order valence-electron chi connectivity index (χ4n) is 1.18. The van der Waals surface area contributed by atoms with Crippen molar-refractivity contribution in [2.75, 3.05) is 14.1 Å². The number of nitrogens with zero attached hydrogens (tertiary/aromatic N) is 2. The smallest absolute Gasteiger partial charge is 0.306 e. The predicted molar refractivity (Wildman–Crippen MR) is 60.0 cm³/mol. The van der Waals surface area contributed by atoms with Crippen LogP contribution in [0.15, 0.2) is 6.20 Å². The second kappa shape index (κ2) is 5.23. The van der Waals surface area contributed by atoms with E-state index in [2.05, 4.69) is 9.88 Å². The minimum absolute atomic E-state index is 0.358. The molecule has 0 saturated heterocycles. The Morgan fingerprint density at radius 2 is 2.33 bits per heavy atom. The molecule has 4 nitrogen and oxygen atoms in total. The highest BCUT2D eigenvalue weighted by Crippen LogP contribution is 2.17. The van der Waals surface area contributed by atoms with Crippen LogP contribution in [-0.4, -0.2) is 35.1 Å². The standard InChI is InChI=1S/C10H16N2O2S/c1-7(10(13)14)4-9-11-5-8(15-9)6-12(2)3/h5,7H,4,6H2,1-3H3,(H,13,14). The maximum absolute atomic E-state index is 10.7. The Balaban J connectivity index is 2.56. The van der Waals surface area contributed by atoms with Gasteiger partial charge in [0.15, 0.2) is 0 Å². The summed E-state index contributed by atoms with van der Waals surface area (Å²) in [5.41, 5.74) is 0. The molecule has 1 atom stereocenters. The van der Waals surface area contributed by atoms with E-state index in [1.54, 1.807) is 18.3 Å². The van der Waals surface area contributed by atoms with Gasteiger partial charge in [0.05, 0.1) is 10.9 Å². The number of carboxylic acid groups (broad SMARTS) is 1. The summed E-state index contributed by atoms with van der Waals surface area (Å²) in [7, 11) is 4.00. The molecule has 1 aromatic rings. The lowest BCUT2D eigenvalue weighted by Crippen LogP contribution is -2.11. The van der Waals surface area contributed by atoms with E-state index in [0.29, 0.717) is 6.42 Å². The molecule has 15 heavy (non-hydrogen) atoms. The van der Waals surface area contributed by atoms with Gasteiger partial charge in [0.1, 0.15) is 0 Å². The number of aromatic nitrogens is 1. The van der Waals surface area contributed by atoms with Crippen LogP contribution >= 0.6 is 11.3 Å². The molecule has 0 aliphatic heterocycles. The molecule has 0 bridgehead atoms. The van der Waals surface area contributed by atoms with Gasteiger partial charge < -0.3 is 10.0 Å². The fraction of sp³-hybridized carbons (Fsp3) is 0.600. The van der Waals surface area contributed by atoms with Gasteiger partial charge in [-0.05, 0) is 14.1 Å². The van der Waals surface area contributed by atoms with Crippen molar-refractivity contribution in [1.29, 1.82) is 0 Å². The molecule has 0 fully saturated rings. The number of rotatable bonds is 5. The van der Waals surface area contributed by atoms with Crippen LogP contribution in [0.2, 0.25) is 0 Å². The van der Waals surface area contributed by atoms with Crippen LogP contribution in [0, 0.1) is 5.92 Å². The Morgan fingerprint density at radius 1 is 1.67 bits per heavy atom. The molecule has 1 heterocycles. The van der Waals surface area contributed by atoms with Crippen LogP contribution < -0.4 is 0 Å². The van der Waals surface area contributed by atoms with E-state index >= 15 is 0 Å². The molecule has 1 aromatic heterocycles. The normalized spacial score (nSPS) is 13.1. The van der Waals surface area contributed by atoms with Crippen LogP contribution in [0.3, 0.4) is 0 Å². The van der Waals surface area contributed by atoms with Gasteiger partial charge in [-0.1, -0.05) is 6.92 Å². The fourth-order valence-corrected chi connectivity index (χ4v) is 2.35. The molecule has 0 spiro atoms. The molecule has 1 unspecified atom stereocenters. The van der Waals surface area contributed by atoms with E-state index in [-0.39, 0.29) is 5.92 Å². The average molecular weight is 228 g/mol. The van der Waals surface area contributed by atoms with E-state index < -0.39 is 5.97 Å². The van der Waals surface area contributed by atoms with Crippen molar-refractivity contribution < 1.29 is 9.90 Å². The van der Waals surface area contributed by atoms with Crippen LogP contribution in [0.1, 0.15) is 16.8 Å². The Labute approximate surface area is 93.6 Å². The quantitative estimate of drug-likeness (QED) is 0.829. The van der Waals surface area contributed by atoms with Gasteiger partial charge in [0.2, 0.25) is 0 Å². The number of thiazole rings is 1. The molecule has 0 radical (unpaired) electrons. The lowest BCUT2D eigenvalue weighted by atomic mass is 10.1. The third kappa shape index (κ3) is 3.97. The SMILES string of the molecule is CC(Cc1ncc(CN(C)C)s1)C(=O)O. The van der Waals surface area contributed by atoms with E-state index in [4.69, 9.17) is 5.11 Å². The van der Waals surface area contributed by atoms with Crippen molar-refractivity contribution in [3.8, 4) is 0 Å². The van der Waals surface area contributed by atoms with Crippen molar-refractivity contribution >= 4 is 17.3 Å². The molecule has 0 saturated carbocycles. The van der Waals surface area contributed by atoms with Crippen molar-refractivity contribution in [1.82, 2.24) is 9.88 Å². The Bertz CT molecular complexity index is 336. The third-order valence-corrected chi connectivity index (χ3v) is 2.98. The first-order chi connectivity index (χ1) is 6.99. The van der Waals surface area contributed by atoms with Crippen LogP contribution in [-0.2, 0) is 17.8 Å². The van der Waals surface area contributed by atoms with Gasteiger partial charge >= 0.3 is 5.97 Å². The molecule has 0 aliphatic carbocycles. The minimum atomic E-state index is -0.764. The minimum Gasteiger partial charge on any atom is -0.481 e. The maximum Gasteiger partial charge on any atom is 0.306 e. The summed E-state index contributed by atoms with van der Waals surface area (Å²) in [4.78, 5) is 18.1. The van der Waals surface area contributed by atoms with E-state index in [9.17, 15) is 4.79 Å². The molecule has 1 N–H and O–H groups in total. The largest absolute Gasteiger partial charge is 0.481 e. The molecular formula is C10H16N2O2S. The van der Waals surface area contributed by atoms with Crippen molar-refractivity contribution in [2.45, 2.75) is 19.9 Å². The molecule has 1 rings (SSSR count). The molecule has 0 aliphatic rings. The number of carbonyl (C=O) groups is 1. The monoisotopic (exact) mass is 228 g/mol. The zero-order valence-corrected chi connectivity index (χ0v) is 10.0. The maximum atomic E-state index is 10.7. The van der Waals surface area contributed by atoms with Gasteiger partial charge in [0, 0.05) is 24.0 Å². The first kappa shape index (κ1) is 12.1. The summed E-state index contributed by atoms with van der Waals surface area (Å²) in [6.07, 6.45) is 2.35. The first-order valence-electron chi connectivity index (χ1n) is 4.80. The summed E-state index contributed by atoms with van der Waals surface area (Å²) < 4.78 is 0. The summed E-state index contributed by atoms with van der Waals surface area (Å²) in [5, 5.41) is 9.67. The molecule has 84 valence electrons. The highest BCUT2D eigenvalue weighted by atomic mass is 32.1. The second-order valence-corrected chi connectivity index (χ2v) is 5.10. The highest BCUT2D eigenvalue weighted by molar-refractivity contribution is 7.11. The summed E-state index contributed by atoms with van der Waals surface area (Å²) in [6, 6.07) is 0. The van der Waals surface area contributed by atoms with E-state index in [1.807, 2.05) is 20.3 Å². The van der Waals surface area contributed by atoms with E-state index in [0.717, 1.165) is 11.6 Å². The third-order valence-electron chi connectivity index (χ3n) is 1.98. The average Bonchev–Trinajstić information content (AvgIpc) is 2.51. The van der Waals surface area contributed by atoms with Crippen LogP contribution in [0.4, 0.5) is 0 Å². The Hall–Kier alpha value is -0.940. The topological polar surface area (TPSA) is 53.4 Å². The van der Waals surface area contributed by atoms with Crippen LogP contribution in [0.5, 0.6) is 0 Å². The molecule has 0 amide bonds. The van der Waals surface area contributed by atoms with Crippen LogP contribution in [0.25, 0.3) is 0 Å². The van der Waals surface area contributed by atoms with Gasteiger partial charge in [-0.2, -0.15) is 0 Å². The Kier molecular flexibility index (Phi) is 4.23. The Morgan fingerprint density at radius 3 is 2.87 bits per heavy atom. The number of hydrogen-bond donors (Lipinski definition) is 1. The second-order valence-electron chi connectivity index (χ2n) is 3.90. The predicted octanol–water partition coefficient (Wildman–Crippen LogP) is 1.47. The summed E-state index contributed by atoms with van der Waals surface area (Å²) in [6.45, 7) is 2.56. The zero-order chi connectivity index (χ0) is 11.4. The number of hydrogen-bond acceptors (Lipinski definition) is 4. The van der Waals surface area contributed by atoms with Gasteiger partial charge in [-0.3, -0.25) is 4.79 Å². The van der Waals surface area contributed by atoms with E-state index in [1.165, 1.54) is 4.88 Å². The highest BCUT2D eigenvalue weighted by Gasteiger charge is 2.14. The van der Waals surface area contributed by atoms with Gasteiger partial charge in [-0.15, -0.1) is 11.3 Å². The number of aliphatic carboxylic acids is 1. The molecule has 0 aromatic carbocycles. The van der Waals surface area contributed by atoms with Crippen molar-refractivity contribution in [3.63, 3.8) is 0 Å². The van der Waals surface area contributed by atoms with Crippen molar-refractivity contribution in [2.24, 2.45) is 5.92 Å².